The minimum atomic E-state index is 0.164. The molecule has 92 valence electrons. The van der Waals surface area contributed by atoms with E-state index in [1.807, 2.05) is 4.90 Å². The van der Waals surface area contributed by atoms with E-state index in [9.17, 15) is 4.79 Å². The zero-order valence-corrected chi connectivity index (χ0v) is 10.9. The Morgan fingerprint density at radius 3 is 2.19 bits per heavy atom. The number of hydrogen-bond donors (Lipinski definition) is 0. The molecule has 0 bridgehead atoms. The lowest BCUT2D eigenvalue weighted by molar-refractivity contribution is -0.128. The summed E-state index contributed by atoms with van der Waals surface area (Å²) in [7, 11) is 0. The molecule has 16 heavy (non-hydrogen) atoms. The fourth-order valence-corrected chi connectivity index (χ4v) is 1.44. The number of amides is 1. The first kappa shape index (κ1) is 14.9. The molecule has 0 aliphatic rings. The first-order valence-corrected chi connectivity index (χ1v) is 6.27. The summed E-state index contributed by atoms with van der Waals surface area (Å²) in [6.07, 6.45) is 12.9. The Labute approximate surface area is 100 Å². The predicted molar refractivity (Wildman–Crippen MR) is 70.4 cm³/mol. The van der Waals surface area contributed by atoms with Crippen molar-refractivity contribution in [3.8, 4) is 0 Å². The zero-order chi connectivity index (χ0) is 12.2. The molecule has 0 aromatic rings. The van der Waals surface area contributed by atoms with Gasteiger partial charge in [0.05, 0.1) is 0 Å². The highest BCUT2D eigenvalue weighted by Gasteiger charge is 2.03. The minimum Gasteiger partial charge on any atom is -0.339 e. The van der Waals surface area contributed by atoms with E-state index in [0.717, 1.165) is 38.8 Å². The number of hydrogen-bond acceptors (Lipinski definition) is 1. The molecule has 0 atom stereocenters. The minimum absolute atomic E-state index is 0.164. The lowest BCUT2D eigenvalue weighted by atomic mass is 10.2. The van der Waals surface area contributed by atoms with Crippen molar-refractivity contribution < 1.29 is 4.79 Å². The Morgan fingerprint density at radius 2 is 1.69 bits per heavy atom. The molecule has 0 aromatic heterocycles. The quantitative estimate of drug-likeness (QED) is 0.455. The lowest BCUT2D eigenvalue weighted by Crippen LogP contribution is -2.29. The molecule has 1 amide bonds. The van der Waals surface area contributed by atoms with Gasteiger partial charge in [-0.05, 0) is 25.7 Å². The van der Waals surface area contributed by atoms with Crippen LogP contribution in [0.15, 0.2) is 24.3 Å². The highest BCUT2D eigenvalue weighted by molar-refractivity contribution is 5.73. The number of carbonyl (C=O) groups excluding carboxylic acids is 1. The van der Waals surface area contributed by atoms with Crippen LogP contribution in [0.25, 0.3) is 0 Å². The van der Waals surface area contributed by atoms with Gasteiger partial charge in [0.2, 0.25) is 5.91 Å². The van der Waals surface area contributed by atoms with Crippen LogP contribution in [0.5, 0.6) is 0 Å². The van der Waals surface area contributed by atoms with Crippen LogP contribution in [0.2, 0.25) is 0 Å². The highest BCUT2D eigenvalue weighted by atomic mass is 16.2. The molecule has 0 aromatic carbocycles. The molecule has 0 radical (unpaired) electrons. The van der Waals surface area contributed by atoms with Gasteiger partial charge in [0.25, 0.3) is 0 Å². The summed E-state index contributed by atoms with van der Waals surface area (Å²) in [5.74, 6) is 0.164. The van der Waals surface area contributed by atoms with Gasteiger partial charge in [-0.25, -0.2) is 0 Å². The van der Waals surface area contributed by atoms with Crippen LogP contribution in [-0.4, -0.2) is 23.9 Å². The van der Waals surface area contributed by atoms with Gasteiger partial charge in [-0.3, -0.25) is 4.79 Å². The van der Waals surface area contributed by atoms with Crippen molar-refractivity contribution in [2.24, 2.45) is 0 Å². The second-order valence-corrected chi connectivity index (χ2v) is 3.89. The second kappa shape index (κ2) is 10.5. The summed E-state index contributed by atoms with van der Waals surface area (Å²) in [6.45, 7) is 7.47. The van der Waals surface area contributed by atoms with E-state index >= 15 is 0 Å². The summed E-state index contributed by atoms with van der Waals surface area (Å²) in [6, 6.07) is 0. The maximum Gasteiger partial charge on any atom is 0.219 e. The van der Waals surface area contributed by atoms with Crippen molar-refractivity contribution >= 4 is 5.91 Å². The van der Waals surface area contributed by atoms with Gasteiger partial charge in [-0.2, -0.15) is 0 Å². The van der Waals surface area contributed by atoms with Crippen molar-refractivity contribution in [3.05, 3.63) is 24.3 Å². The molecule has 0 saturated carbocycles. The third-order valence-corrected chi connectivity index (χ3v) is 2.33. The third kappa shape index (κ3) is 8.27. The number of rotatable bonds is 8. The smallest absolute Gasteiger partial charge is 0.219 e. The first-order chi connectivity index (χ1) is 7.72. The van der Waals surface area contributed by atoms with Crippen molar-refractivity contribution in [1.29, 1.82) is 0 Å². The third-order valence-electron chi connectivity index (χ3n) is 2.33. The molecule has 0 spiro atoms. The fourth-order valence-electron chi connectivity index (χ4n) is 1.44. The van der Waals surface area contributed by atoms with E-state index < -0.39 is 0 Å². The van der Waals surface area contributed by atoms with E-state index in [1.165, 1.54) is 0 Å². The molecule has 2 heteroatoms. The molecular formula is C14H25NO. The summed E-state index contributed by atoms with van der Waals surface area (Å²) >= 11 is 0. The first-order valence-electron chi connectivity index (χ1n) is 6.27. The van der Waals surface area contributed by atoms with E-state index in [1.54, 1.807) is 6.92 Å². The predicted octanol–water partition coefficient (Wildman–Crippen LogP) is 3.55. The average Bonchev–Trinajstić information content (AvgIpc) is 2.26. The van der Waals surface area contributed by atoms with Crippen molar-refractivity contribution in [2.45, 2.75) is 46.5 Å². The topological polar surface area (TPSA) is 20.3 Å². The number of unbranched alkanes of at least 4 members (excludes halogenated alkanes) is 1. The summed E-state index contributed by atoms with van der Waals surface area (Å²) in [4.78, 5) is 13.1. The Hall–Kier alpha value is -1.05. The van der Waals surface area contributed by atoms with Gasteiger partial charge < -0.3 is 4.90 Å². The van der Waals surface area contributed by atoms with Crippen molar-refractivity contribution in [3.63, 3.8) is 0 Å². The summed E-state index contributed by atoms with van der Waals surface area (Å²) < 4.78 is 0. The molecule has 0 N–H and O–H groups in total. The van der Waals surface area contributed by atoms with E-state index in [2.05, 4.69) is 38.2 Å². The van der Waals surface area contributed by atoms with Crippen LogP contribution < -0.4 is 0 Å². The summed E-state index contributed by atoms with van der Waals surface area (Å²) in [5.41, 5.74) is 0. The van der Waals surface area contributed by atoms with E-state index in [4.69, 9.17) is 0 Å². The Morgan fingerprint density at radius 1 is 1.06 bits per heavy atom. The van der Waals surface area contributed by atoms with Gasteiger partial charge in [-0.1, -0.05) is 38.2 Å². The Bertz CT molecular complexity index is 231. The van der Waals surface area contributed by atoms with Crippen LogP contribution in [0.1, 0.15) is 46.5 Å². The van der Waals surface area contributed by atoms with Crippen LogP contribution >= 0.6 is 0 Å². The maximum atomic E-state index is 11.2. The Kier molecular flexibility index (Phi) is 9.78. The van der Waals surface area contributed by atoms with Gasteiger partial charge in [0, 0.05) is 20.0 Å². The number of allylic oxidation sites excluding steroid dienone is 3. The van der Waals surface area contributed by atoms with Crippen LogP contribution in [0, 0.1) is 0 Å². The van der Waals surface area contributed by atoms with Crippen LogP contribution in [0.3, 0.4) is 0 Å². The van der Waals surface area contributed by atoms with Gasteiger partial charge in [0.1, 0.15) is 0 Å². The number of nitrogens with zero attached hydrogens (tertiary/aromatic N) is 1. The fraction of sp³-hybridized carbons (Fsp3) is 0.643. The number of carbonyl (C=O) groups is 1. The molecule has 0 fully saturated rings. The molecule has 0 heterocycles. The molecule has 2 nitrogen and oxygen atoms in total. The molecule has 0 aliphatic carbocycles. The monoisotopic (exact) mass is 223 g/mol. The van der Waals surface area contributed by atoms with Gasteiger partial charge >= 0.3 is 0 Å². The molecule has 0 aliphatic heterocycles. The molecular weight excluding hydrogens is 198 g/mol. The average molecular weight is 223 g/mol. The standard InChI is InChI=1S/C14H25NO/c1-4-6-7-8-9-10-11-13-15(12-5-2)14(3)16/h6-7,10-11H,4-5,8-9,12-13H2,1-3H3/b7-6-,11-10+. The highest BCUT2D eigenvalue weighted by Crippen LogP contribution is 1.97. The van der Waals surface area contributed by atoms with Gasteiger partial charge in [0.15, 0.2) is 0 Å². The van der Waals surface area contributed by atoms with Gasteiger partial charge in [-0.15, -0.1) is 0 Å². The normalized spacial score (nSPS) is 11.4. The summed E-state index contributed by atoms with van der Waals surface area (Å²) in [5, 5.41) is 0. The van der Waals surface area contributed by atoms with Crippen LogP contribution in [-0.2, 0) is 4.79 Å². The zero-order valence-electron chi connectivity index (χ0n) is 10.9. The van der Waals surface area contributed by atoms with Crippen molar-refractivity contribution in [1.82, 2.24) is 4.90 Å². The van der Waals surface area contributed by atoms with E-state index in [-0.39, 0.29) is 5.91 Å². The molecule has 0 rings (SSSR count). The largest absolute Gasteiger partial charge is 0.339 e. The second-order valence-electron chi connectivity index (χ2n) is 3.89. The molecule has 0 unspecified atom stereocenters. The lowest BCUT2D eigenvalue weighted by Gasteiger charge is -2.17. The van der Waals surface area contributed by atoms with Crippen molar-refractivity contribution in [2.75, 3.05) is 13.1 Å². The maximum absolute atomic E-state index is 11.2. The van der Waals surface area contributed by atoms with E-state index in [0.29, 0.717) is 0 Å². The SMILES string of the molecule is CC/C=C\CC/C=C/CN(CCC)C(C)=O. The van der Waals surface area contributed by atoms with Crippen LogP contribution in [0.4, 0.5) is 0 Å². The Balaban J connectivity index is 3.70. The molecule has 0 saturated heterocycles.